The molecule has 0 saturated carbocycles. The highest BCUT2D eigenvalue weighted by atomic mass is 15.0. The molecule has 0 spiro atoms. The molecule has 1 nitrogen and oxygen atoms in total. The van der Waals surface area contributed by atoms with E-state index in [1.807, 2.05) is 0 Å². The van der Waals surface area contributed by atoms with Gasteiger partial charge in [0, 0.05) is 16.5 Å². The summed E-state index contributed by atoms with van der Waals surface area (Å²) < 4.78 is 2.46. The third-order valence-electron chi connectivity index (χ3n) is 7.71. The van der Waals surface area contributed by atoms with Crippen molar-refractivity contribution in [2.45, 2.75) is 0 Å². The van der Waals surface area contributed by atoms with Crippen LogP contribution in [0.4, 0.5) is 0 Å². The summed E-state index contributed by atoms with van der Waals surface area (Å²) >= 11 is 0. The van der Waals surface area contributed by atoms with Gasteiger partial charge in [0.2, 0.25) is 0 Å². The summed E-state index contributed by atoms with van der Waals surface area (Å²) in [4.78, 5) is 0. The van der Waals surface area contributed by atoms with Crippen LogP contribution in [0.25, 0.3) is 71.3 Å². The lowest BCUT2D eigenvalue weighted by Crippen LogP contribution is -1.96. The molecular formula is C36H23N. The maximum Gasteiger partial charge on any atom is 0.0547 e. The summed E-state index contributed by atoms with van der Waals surface area (Å²) in [6, 6.07) is 50.7. The maximum absolute atomic E-state index is 2.46. The molecule has 0 amide bonds. The van der Waals surface area contributed by atoms with Crippen molar-refractivity contribution in [3.05, 3.63) is 140 Å². The van der Waals surface area contributed by atoms with Crippen LogP contribution in [0.3, 0.4) is 0 Å². The predicted octanol–water partition coefficient (Wildman–Crippen LogP) is 9.86. The minimum Gasteiger partial charge on any atom is -0.309 e. The van der Waals surface area contributed by atoms with Crippen molar-refractivity contribution >= 4 is 43.4 Å². The fourth-order valence-electron chi connectivity index (χ4n) is 6.12. The lowest BCUT2D eigenvalue weighted by Gasteiger charge is -2.14. The Bertz CT molecular complexity index is 1920. The van der Waals surface area contributed by atoms with Crippen LogP contribution in [-0.4, -0.2) is 4.57 Å². The second kappa shape index (κ2) is 7.81. The van der Waals surface area contributed by atoms with Crippen molar-refractivity contribution in [1.29, 1.82) is 0 Å². The van der Waals surface area contributed by atoms with Gasteiger partial charge in [0.1, 0.15) is 0 Å². The first-order valence-electron chi connectivity index (χ1n) is 12.8. The van der Waals surface area contributed by atoms with Gasteiger partial charge in [-0.05, 0) is 74.1 Å². The Morgan fingerprint density at radius 1 is 0.324 bits per heavy atom. The van der Waals surface area contributed by atoms with Crippen molar-refractivity contribution < 1.29 is 0 Å². The first-order chi connectivity index (χ1) is 18.4. The van der Waals surface area contributed by atoms with Crippen LogP contribution in [-0.2, 0) is 0 Å². The van der Waals surface area contributed by atoms with Gasteiger partial charge in [-0.15, -0.1) is 0 Å². The van der Waals surface area contributed by atoms with Gasteiger partial charge < -0.3 is 4.57 Å². The number of hydrogen-bond donors (Lipinski definition) is 0. The van der Waals surface area contributed by atoms with Gasteiger partial charge in [0.25, 0.3) is 0 Å². The number of aromatic nitrogens is 1. The molecule has 0 fully saturated rings. The Morgan fingerprint density at radius 2 is 0.757 bits per heavy atom. The van der Waals surface area contributed by atoms with E-state index in [1.165, 1.54) is 71.3 Å². The van der Waals surface area contributed by atoms with E-state index >= 15 is 0 Å². The molecule has 7 aromatic carbocycles. The summed E-state index contributed by atoms with van der Waals surface area (Å²) in [7, 11) is 0. The number of benzene rings is 7. The minimum atomic E-state index is 1.18. The molecule has 0 radical (unpaired) electrons. The average Bonchev–Trinajstić information content (AvgIpc) is 3.33. The molecule has 172 valence electrons. The average molecular weight is 470 g/mol. The van der Waals surface area contributed by atoms with Gasteiger partial charge in [0.15, 0.2) is 0 Å². The second-order valence-electron chi connectivity index (χ2n) is 9.78. The maximum atomic E-state index is 2.46. The van der Waals surface area contributed by atoms with E-state index in [1.54, 1.807) is 0 Å². The van der Waals surface area contributed by atoms with Crippen molar-refractivity contribution in [1.82, 2.24) is 4.57 Å². The zero-order valence-corrected chi connectivity index (χ0v) is 20.2. The summed E-state index contributed by atoms with van der Waals surface area (Å²) in [5.41, 5.74) is 8.56. The van der Waals surface area contributed by atoms with Gasteiger partial charge in [-0.25, -0.2) is 0 Å². The Labute approximate surface area is 215 Å². The van der Waals surface area contributed by atoms with E-state index in [0.717, 1.165) is 0 Å². The molecule has 1 heterocycles. The molecule has 37 heavy (non-hydrogen) atoms. The Kier molecular flexibility index (Phi) is 4.29. The summed E-state index contributed by atoms with van der Waals surface area (Å²) in [6.45, 7) is 0. The molecule has 8 rings (SSSR count). The molecule has 1 aromatic heterocycles. The fourth-order valence-corrected chi connectivity index (χ4v) is 6.12. The van der Waals surface area contributed by atoms with E-state index < -0.39 is 0 Å². The molecular weight excluding hydrogens is 446 g/mol. The molecule has 0 saturated heterocycles. The monoisotopic (exact) mass is 469 g/mol. The molecule has 0 aliphatic carbocycles. The van der Waals surface area contributed by atoms with Crippen LogP contribution in [0.2, 0.25) is 0 Å². The van der Waals surface area contributed by atoms with E-state index in [-0.39, 0.29) is 0 Å². The molecule has 0 atom stereocenters. The van der Waals surface area contributed by atoms with Gasteiger partial charge >= 0.3 is 0 Å². The van der Waals surface area contributed by atoms with Crippen LogP contribution in [0.15, 0.2) is 140 Å². The summed E-state index contributed by atoms with van der Waals surface area (Å²) in [5.74, 6) is 0. The lowest BCUT2D eigenvalue weighted by molar-refractivity contribution is 1.18. The van der Waals surface area contributed by atoms with E-state index in [2.05, 4.69) is 144 Å². The predicted molar refractivity (Wildman–Crippen MR) is 158 cm³/mol. The highest BCUT2D eigenvalue weighted by molar-refractivity contribution is 6.34. The van der Waals surface area contributed by atoms with E-state index in [9.17, 15) is 0 Å². The quantitative estimate of drug-likeness (QED) is 0.227. The van der Waals surface area contributed by atoms with Gasteiger partial charge in [0.05, 0.1) is 11.0 Å². The lowest BCUT2D eigenvalue weighted by atomic mass is 9.95. The minimum absolute atomic E-state index is 1.18. The third-order valence-corrected chi connectivity index (χ3v) is 7.71. The topological polar surface area (TPSA) is 4.93 Å². The first-order valence-corrected chi connectivity index (χ1v) is 12.8. The van der Waals surface area contributed by atoms with Gasteiger partial charge in [-0.3, -0.25) is 0 Å². The van der Waals surface area contributed by atoms with E-state index in [4.69, 9.17) is 0 Å². The second-order valence-corrected chi connectivity index (χ2v) is 9.78. The Balaban J connectivity index is 1.53. The standard InChI is InChI=1S/C36H23N/c1-3-11-24(12-4-1)26-21-27(25-13-5-2-6-14-25)23-28(22-26)37-33-19-9-17-31-29-15-7-8-16-30(29)32-18-10-20-34(37)36(32)35(31)33/h1-23H. The molecule has 0 aliphatic heterocycles. The van der Waals surface area contributed by atoms with Crippen molar-refractivity contribution in [2.24, 2.45) is 0 Å². The van der Waals surface area contributed by atoms with Crippen molar-refractivity contribution in [3.8, 4) is 27.9 Å². The van der Waals surface area contributed by atoms with Crippen molar-refractivity contribution in [2.75, 3.05) is 0 Å². The largest absolute Gasteiger partial charge is 0.309 e. The molecule has 8 aromatic rings. The number of nitrogens with zero attached hydrogens (tertiary/aromatic N) is 1. The molecule has 0 N–H and O–H groups in total. The molecule has 1 heteroatoms. The van der Waals surface area contributed by atoms with E-state index in [0.29, 0.717) is 0 Å². The Hall–Kier alpha value is -4.88. The highest BCUT2D eigenvalue weighted by Crippen LogP contribution is 2.44. The van der Waals surface area contributed by atoms with Gasteiger partial charge in [-0.1, -0.05) is 109 Å². The van der Waals surface area contributed by atoms with Crippen molar-refractivity contribution in [3.63, 3.8) is 0 Å². The zero-order chi connectivity index (χ0) is 24.3. The van der Waals surface area contributed by atoms with Crippen LogP contribution >= 0.6 is 0 Å². The third kappa shape index (κ3) is 2.98. The highest BCUT2D eigenvalue weighted by Gasteiger charge is 2.20. The number of rotatable bonds is 3. The molecule has 0 bridgehead atoms. The molecule has 0 aliphatic rings. The van der Waals surface area contributed by atoms with Crippen LogP contribution in [0, 0.1) is 0 Å². The van der Waals surface area contributed by atoms with Crippen LogP contribution < -0.4 is 0 Å². The number of fused-ring (bicyclic) bond motifs is 3. The van der Waals surface area contributed by atoms with Crippen LogP contribution in [0.5, 0.6) is 0 Å². The first kappa shape index (κ1) is 20.3. The molecule has 0 unspecified atom stereocenters. The summed E-state index contributed by atoms with van der Waals surface area (Å²) in [5, 5.41) is 7.95. The normalized spacial score (nSPS) is 11.8. The smallest absolute Gasteiger partial charge is 0.0547 e. The zero-order valence-electron chi connectivity index (χ0n) is 20.2. The fraction of sp³-hybridized carbons (Fsp3) is 0. The SMILES string of the molecule is c1ccc(-c2cc(-c3ccccc3)cc(-n3c4cccc5c6ccccc6c6cccc3c6c54)c2)cc1. The number of hydrogen-bond acceptors (Lipinski definition) is 0. The summed E-state index contributed by atoms with van der Waals surface area (Å²) in [6.07, 6.45) is 0. The van der Waals surface area contributed by atoms with Crippen LogP contribution in [0.1, 0.15) is 0 Å². The van der Waals surface area contributed by atoms with Gasteiger partial charge in [-0.2, -0.15) is 0 Å². The Morgan fingerprint density at radius 3 is 1.24 bits per heavy atom.